The average molecular weight is 1540 g/mol. The third kappa shape index (κ3) is 30.3. The maximum absolute atomic E-state index is 13.9. The Morgan fingerprint density at radius 3 is 1.80 bits per heavy atom. The van der Waals surface area contributed by atoms with Crippen LogP contribution < -0.4 is 36.6 Å². The van der Waals surface area contributed by atoms with E-state index < -0.39 is 66.7 Å². The van der Waals surface area contributed by atoms with E-state index in [9.17, 15) is 73.2 Å². The number of fused-ring (bicyclic) bond motifs is 2. The lowest BCUT2D eigenvalue weighted by molar-refractivity contribution is -0.142. The molecule has 4 heterocycles. The van der Waals surface area contributed by atoms with Gasteiger partial charge in [-0.1, -0.05) is 65.8 Å². The summed E-state index contributed by atoms with van der Waals surface area (Å²) in [5.41, 5.74) is 2.88. The van der Waals surface area contributed by atoms with E-state index in [1.54, 1.807) is 48.8 Å². The maximum Gasteiger partial charge on any atom is 0.481 e. The summed E-state index contributed by atoms with van der Waals surface area (Å²) in [6, 6.07) is 11.8. The molecule has 3 aromatic rings. The molecule has 10 N–H and O–H groups in total. The standard InChI is InChI=1S/C76H115BN12O21/c1-51(2)41-54-14-16-55(17-15-54)43-65(91)79-23-9-12-60(75(103)104)84-74(102)59(11-7-8-22-80-66(92)46-85-27-29-86(47-69(95)96)31-33-88(49-71(99)100)34-32-87(30-28-85)48-70(97)98)83-64(90)21-35-105-37-39-107-40-38-106-36-25-81-67(93)50-108-56-18-19-57-58(20-24-78-61(57)44-56)73(101)82-45-68(94)89-26-10-13-63(89)77-109-62-42-52(3)76(5,6)53(4)72(62)110-77/h14-20,24,44,51-53,59-60,62-63,72H,7-13,21-23,25-43,45-50H2,1-6H3,(H,79,91)(H,80,92)(H,81,93)(H,82,101)(H,83,90)(H,84,102)(H,95,96)(H,97,98)(H,99,100)(H,103,104)/t52-,53+,59?,60?,62+,63+,72-/m1/s1. The predicted molar refractivity (Wildman–Crippen MR) is 405 cm³/mol. The van der Waals surface area contributed by atoms with E-state index in [4.69, 9.17) is 28.3 Å². The highest BCUT2D eigenvalue weighted by atomic mass is 16.7. The van der Waals surface area contributed by atoms with Gasteiger partial charge in [-0.2, -0.15) is 0 Å². The van der Waals surface area contributed by atoms with Crippen LogP contribution in [-0.2, 0) is 84.3 Å². The fourth-order valence-electron chi connectivity index (χ4n) is 14.0. The number of hydrogen-bond donors (Lipinski definition) is 10. The summed E-state index contributed by atoms with van der Waals surface area (Å²) in [7, 11) is -0.512. The number of unbranched alkanes of at least 4 members (excludes halogenated alkanes) is 1. The van der Waals surface area contributed by atoms with Crippen LogP contribution in [-0.4, -0.2) is 310 Å². The van der Waals surface area contributed by atoms with E-state index in [1.807, 2.05) is 24.3 Å². The van der Waals surface area contributed by atoms with Crippen LogP contribution in [0.25, 0.3) is 10.9 Å². The second-order valence-corrected chi connectivity index (χ2v) is 29.9. The normalized spacial score (nSPS) is 20.0. The van der Waals surface area contributed by atoms with Gasteiger partial charge in [0, 0.05) is 103 Å². The van der Waals surface area contributed by atoms with Crippen LogP contribution in [0.1, 0.15) is 121 Å². The number of rotatable bonds is 44. The van der Waals surface area contributed by atoms with Crippen molar-refractivity contribution in [2.75, 3.05) is 158 Å². The monoisotopic (exact) mass is 1540 g/mol. The number of carboxylic acid groups (broad SMARTS) is 4. The number of benzene rings is 2. The Kier molecular flexibility index (Phi) is 36.9. The van der Waals surface area contributed by atoms with Gasteiger partial charge < -0.3 is 85.5 Å². The fraction of sp³-hybridized carbons (Fsp3) is 0.658. The van der Waals surface area contributed by atoms with Crippen molar-refractivity contribution in [1.29, 1.82) is 0 Å². The summed E-state index contributed by atoms with van der Waals surface area (Å²) in [5.74, 6) is -6.17. The molecule has 33 nitrogen and oxygen atoms in total. The topological polar surface area (TPSA) is 425 Å². The number of nitrogens with one attached hydrogen (secondary N) is 6. The first-order chi connectivity index (χ1) is 52.6. The number of hydrogen-bond acceptors (Lipinski definition) is 22. The molecule has 0 bridgehead atoms. The van der Waals surface area contributed by atoms with Gasteiger partial charge in [0.15, 0.2) is 6.61 Å². The number of amides is 7. The van der Waals surface area contributed by atoms with Crippen molar-refractivity contribution in [3.05, 3.63) is 71.4 Å². The van der Waals surface area contributed by atoms with E-state index in [0.717, 1.165) is 31.2 Å². The van der Waals surface area contributed by atoms with E-state index in [1.165, 1.54) is 11.8 Å². The molecule has 7 rings (SSSR count). The second kappa shape index (κ2) is 45.8. The minimum atomic E-state index is -1.36. The van der Waals surface area contributed by atoms with Crippen LogP contribution in [0, 0.1) is 23.2 Å². The Morgan fingerprint density at radius 1 is 0.609 bits per heavy atom. The van der Waals surface area contributed by atoms with Crippen molar-refractivity contribution in [1.82, 2.24) is 61.4 Å². The summed E-state index contributed by atoms with van der Waals surface area (Å²) >= 11 is 0. The van der Waals surface area contributed by atoms with Crippen molar-refractivity contribution in [3.63, 3.8) is 0 Å². The van der Waals surface area contributed by atoms with Crippen molar-refractivity contribution < 1.29 is 101 Å². The minimum absolute atomic E-state index is 0.0126. The zero-order chi connectivity index (χ0) is 79.7. The van der Waals surface area contributed by atoms with Crippen LogP contribution >= 0.6 is 0 Å². The summed E-state index contributed by atoms with van der Waals surface area (Å²) in [6.07, 6.45) is 5.67. The van der Waals surface area contributed by atoms with Crippen molar-refractivity contribution >= 4 is 83.2 Å². The van der Waals surface area contributed by atoms with Gasteiger partial charge in [0.2, 0.25) is 29.5 Å². The number of nitrogens with zero attached hydrogens (tertiary/aromatic N) is 6. The lowest BCUT2D eigenvalue weighted by Gasteiger charge is -2.47. The van der Waals surface area contributed by atoms with Gasteiger partial charge >= 0.3 is 31.0 Å². The summed E-state index contributed by atoms with van der Waals surface area (Å²) in [6.45, 7) is 15.3. The lowest BCUT2D eigenvalue weighted by Crippen LogP contribution is -2.51. The summed E-state index contributed by atoms with van der Waals surface area (Å²) < 4.78 is 35.6. The van der Waals surface area contributed by atoms with Gasteiger partial charge in [0.1, 0.15) is 17.8 Å². The van der Waals surface area contributed by atoms with Gasteiger partial charge in [-0.25, -0.2) is 4.79 Å². The first kappa shape index (κ1) is 88.7. The van der Waals surface area contributed by atoms with E-state index in [-0.39, 0.29) is 224 Å². The molecule has 0 spiro atoms. The fourth-order valence-corrected chi connectivity index (χ4v) is 14.0. The molecule has 110 heavy (non-hydrogen) atoms. The molecule has 2 unspecified atom stereocenters. The summed E-state index contributed by atoms with van der Waals surface area (Å²) in [4.78, 5) is 154. The molecule has 2 aromatic carbocycles. The van der Waals surface area contributed by atoms with Crippen LogP contribution in [0.3, 0.4) is 0 Å². The average Bonchev–Trinajstić information content (AvgIpc) is 1.59. The Morgan fingerprint density at radius 2 is 1.18 bits per heavy atom. The van der Waals surface area contributed by atoms with Gasteiger partial charge in [0.25, 0.3) is 11.8 Å². The quantitative estimate of drug-likeness (QED) is 0.0284. The SMILES string of the molecule is CC(C)Cc1ccc(CC(=O)NCCCC(NC(=O)C(CCCCNC(=O)CN2CCN(CC(=O)O)CCN(CC(=O)O)CCN(CC(=O)O)CC2)NC(=O)CCOCCOCCOCCNC(=O)COc2ccc3c(C(=O)NCC(=O)N4CCC[C@H]4B4O[C@H]5[C@H](C[C@@H](C)C(C)(C)[C@H]5C)O4)ccnc3c2)C(=O)O)cc1. The van der Waals surface area contributed by atoms with Gasteiger partial charge in [-0.05, 0) is 110 Å². The van der Waals surface area contributed by atoms with Crippen molar-refractivity contribution in [2.45, 2.75) is 142 Å². The van der Waals surface area contributed by atoms with Gasteiger partial charge in [0.05, 0.1) is 108 Å². The number of ether oxygens (including phenoxy) is 4. The maximum atomic E-state index is 13.9. The second-order valence-electron chi connectivity index (χ2n) is 29.9. The largest absolute Gasteiger partial charge is 0.484 e. The molecular formula is C76H115BN12O21. The smallest absolute Gasteiger partial charge is 0.481 e. The molecule has 7 amide bonds. The molecule has 1 saturated carbocycles. The van der Waals surface area contributed by atoms with E-state index in [2.05, 4.69) is 78.4 Å². The van der Waals surface area contributed by atoms with Crippen LogP contribution in [0.4, 0.5) is 0 Å². The number of likely N-dealkylation sites (tertiary alicyclic amines) is 1. The van der Waals surface area contributed by atoms with Gasteiger partial charge in [-0.3, -0.25) is 72.5 Å². The van der Waals surface area contributed by atoms with Gasteiger partial charge in [-0.15, -0.1) is 0 Å². The minimum Gasteiger partial charge on any atom is -0.484 e. The molecular weight excluding hydrogens is 1430 g/mol. The number of carboxylic acids is 4. The van der Waals surface area contributed by atoms with Crippen LogP contribution in [0.15, 0.2) is 54.7 Å². The zero-order valence-electron chi connectivity index (χ0n) is 64.6. The molecule has 3 aliphatic heterocycles. The molecule has 7 atom stereocenters. The summed E-state index contributed by atoms with van der Waals surface area (Å²) in [5, 5.41) is 55.8. The molecule has 4 fully saturated rings. The molecule has 0 radical (unpaired) electrons. The Balaban J connectivity index is 0.788. The number of carbonyl (C=O) groups is 11. The highest BCUT2D eigenvalue weighted by molar-refractivity contribution is 6.47. The number of pyridine rings is 1. The third-order valence-corrected chi connectivity index (χ3v) is 20.8. The van der Waals surface area contributed by atoms with E-state index in [0.29, 0.717) is 59.4 Å². The molecule has 4 aliphatic rings. The zero-order valence-corrected chi connectivity index (χ0v) is 64.6. The molecule has 1 aromatic heterocycles. The molecule has 3 saturated heterocycles. The first-order valence-corrected chi connectivity index (χ1v) is 38.5. The predicted octanol–water partition coefficient (Wildman–Crippen LogP) is 1.56. The Bertz CT molecular complexity index is 3490. The number of carbonyl (C=O) groups excluding carboxylic acids is 7. The highest BCUT2D eigenvalue weighted by Gasteiger charge is 2.56. The number of aliphatic carboxylic acids is 4. The van der Waals surface area contributed by atoms with Crippen LogP contribution in [0.2, 0.25) is 0 Å². The Labute approximate surface area is 643 Å². The van der Waals surface area contributed by atoms with Crippen LogP contribution in [0.5, 0.6) is 5.75 Å². The van der Waals surface area contributed by atoms with Crippen molar-refractivity contribution in [2.24, 2.45) is 23.2 Å². The molecule has 608 valence electrons. The highest BCUT2D eigenvalue weighted by Crippen LogP contribution is 2.49. The third-order valence-electron chi connectivity index (χ3n) is 20.8. The first-order valence-electron chi connectivity index (χ1n) is 38.5. The molecule has 1 aliphatic carbocycles. The van der Waals surface area contributed by atoms with Crippen molar-refractivity contribution in [3.8, 4) is 5.75 Å². The number of aromatic nitrogens is 1. The molecule has 34 heteroatoms. The lowest BCUT2D eigenvalue weighted by atomic mass is 9.61. The Hall–Kier alpha value is -8.48. The van der Waals surface area contributed by atoms with E-state index >= 15 is 0 Å².